The summed E-state index contributed by atoms with van der Waals surface area (Å²) in [5.41, 5.74) is 9.38. The number of hydrogen-bond acceptors (Lipinski definition) is 4. The first kappa shape index (κ1) is 16.4. The molecule has 6 nitrogen and oxygen atoms in total. The molecule has 0 atom stereocenters. The van der Waals surface area contributed by atoms with E-state index in [1.54, 1.807) is 6.33 Å². The number of quaternary nitrogens is 1. The van der Waals surface area contributed by atoms with Crippen molar-refractivity contribution in [3.8, 4) is 0 Å². The summed E-state index contributed by atoms with van der Waals surface area (Å²) >= 11 is 0. The predicted octanol–water partition coefficient (Wildman–Crippen LogP) is 3.13. The molecule has 3 aromatic heterocycles. The Bertz CT molecular complexity index is 1090. The third kappa shape index (κ3) is 2.87. The largest absolute Gasteiger partial charge is 0.346 e. The van der Waals surface area contributed by atoms with E-state index in [4.69, 9.17) is 10.7 Å². The molecule has 0 spiro atoms. The van der Waals surface area contributed by atoms with E-state index in [1.165, 1.54) is 10.9 Å². The van der Waals surface area contributed by atoms with Gasteiger partial charge in [-0.1, -0.05) is 18.2 Å². The fraction of sp³-hybridized carbons (Fsp3) is 0.286. The predicted molar refractivity (Wildman–Crippen MR) is 108 cm³/mol. The van der Waals surface area contributed by atoms with Crippen molar-refractivity contribution in [3.05, 3.63) is 60.7 Å². The van der Waals surface area contributed by atoms with Crippen molar-refractivity contribution in [3.63, 3.8) is 0 Å². The van der Waals surface area contributed by atoms with Crippen molar-refractivity contribution >= 4 is 27.8 Å². The number of fused-ring (bicyclic) bond motifs is 2. The van der Waals surface area contributed by atoms with E-state index in [2.05, 4.69) is 45.3 Å². The lowest BCUT2D eigenvalue weighted by molar-refractivity contribution is 0.202. The lowest BCUT2D eigenvalue weighted by atomic mass is 10.0. The summed E-state index contributed by atoms with van der Waals surface area (Å²) < 4.78 is 0.796. The van der Waals surface area contributed by atoms with Crippen LogP contribution in [0.2, 0.25) is 0 Å². The van der Waals surface area contributed by atoms with Crippen molar-refractivity contribution in [2.45, 2.75) is 25.4 Å². The highest BCUT2D eigenvalue weighted by atomic mass is 15.4. The Balaban J connectivity index is 1.61. The number of nitrogens with two attached hydrogens (primary N) is 1. The van der Waals surface area contributed by atoms with E-state index in [0.29, 0.717) is 0 Å². The maximum absolute atomic E-state index is 6.23. The standard InChI is InChI=1S/C21H23N6/c22-17-6-9-27(10-7-17,21-18-5-8-23-20(18)25-14-26-21)13-15-11-16-3-1-2-4-19(16)24-12-15/h1-5,8,11-12,14,17H,6-7,9-10,13,22H2,(H,23,25,26)/q+1. The number of para-hydroxylation sites is 1. The molecular formula is C21H23N6+. The molecule has 6 heteroatoms. The lowest BCUT2D eigenvalue weighted by Crippen LogP contribution is -2.56. The van der Waals surface area contributed by atoms with Gasteiger partial charge < -0.3 is 10.7 Å². The van der Waals surface area contributed by atoms with Gasteiger partial charge in [0.25, 0.3) is 0 Å². The molecular weight excluding hydrogens is 336 g/mol. The number of piperidine rings is 1. The second-order valence-electron chi connectivity index (χ2n) is 7.56. The van der Waals surface area contributed by atoms with Crippen molar-refractivity contribution < 1.29 is 0 Å². The minimum absolute atomic E-state index is 0.273. The van der Waals surface area contributed by atoms with E-state index in [-0.39, 0.29) is 6.04 Å². The second kappa shape index (κ2) is 6.40. The molecule has 27 heavy (non-hydrogen) atoms. The fourth-order valence-electron chi connectivity index (χ4n) is 4.32. The van der Waals surface area contributed by atoms with Gasteiger partial charge >= 0.3 is 0 Å². The average molecular weight is 359 g/mol. The molecule has 136 valence electrons. The van der Waals surface area contributed by atoms with Crippen LogP contribution in [0.1, 0.15) is 18.4 Å². The Morgan fingerprint density at radius 3 is 2.81 bits per heavy atom. The number of aromatic nitrogens is 4. The number of likely N-dealkylation sites (tertiary alicyclic amines) is 1. The maximum atomic E-state index is 6.23. The Labute approximate surface area is 157 Å². The van der Waals surface area contributed by atoms with E-state index in [0.717, 1.165) is 59.3 Å². The number of nitrogens with one attached hydrogen (secondary N) is 1. The van der Waals surface area contributed by atoms with Gasteiger partial charge in [-0.2, -0.15) is 4.98 Å². The highest BCUT2D eigenvalue weighted by Crippen LogP contribution is 2.34. The molecule has 0 unspecified atom stereocenters. The van der Waals surface area contributed by atoms with Crippen molar-refractivity contribution in [1.82, 2.24) is 24.4 Å². The average Bonchev–Trinajstić information content (AvgIpc) is 3.19. The van der Waals surface area contributed by atoms with Crippen LogP contribution in [0.3, 0.4) is 0 Å². The second-order valence-corrected chi connectivity index (χ2v) is 7.56. The normalized spacial score (nSPS) is 23.1. The molecule has 0 bridgehead atoms. The van der Waals surface area contributed by atoms with Crippen LogP contribution in [0.4, 0.5) is 5.82 Å². The molecule has 4 aromatic rings. The molecule has 0 saturated carbocycles. The zero-order chi connectivity index (χ0) is 18.3. The van der Waals surface area contributed by atoms with Gasteiger partial charge in [-0.15, -0.1) is 0 Å². The van der Waals surface area contributed by atoms with Gasteiger partial charge in [-0.25, -0.2) is 4.98 Å². The number of benzene rings is 1. The summed E-state index contributed by atoms with van der Waals surface area (Å²) in [5, 5.41) is 2.28. The van der Waals surface area contributed by atoms with Crippen LogP contribution in [-0.2, 0) is 6.54 Å². The Morgan fingerprint density at radius 2 is 1.93 bits per heavy atom. The first-order chi connectivity index (χ1) is 13.2. The third-order valence-electron chi connectivity index (χ3n) is 5.77. The van der Waals surface area contributed by atoms with Gasteiger partial charge in [0.05, 0.1) is 18.6 Å². The van der Waals surface area contributed by atoms with Crippen molar-refractivity contribution in [2.75, 3.05) is 13.1 Å². The summed E-state index contributed by atoms with van der Waals surface area (Å²) in [6.07, 6.45) is 7.61. The third-order valence-corrected chi connectivity index (χ3v) is 5.77. The van der Waals surface area contributed by atoms with Crippen LogP contribution >= 0.6 is 0 Å². The van der Waals surface area contributed by atoms with Crippen molar-refractivity contribution in [2.24, 2.45) is 5.73 Å². The van der Waals surface area contributed by atoms with Gasteiger partial charge in [0.15, 0.2) is 0 Å². The number of rotatable bonds is 3. The molecule has 1 aromatic carbocycles. The van der Waals surface area contributed by atoms with Crippen LogP contribution in [0, 0.1) is 0 Å². The molecule has 0 amide bonds. The van der Waals surface area contributed by atoms with E-state index >= 15 is 0 Å². The first-order valence-electron chi connectivity index (χ1n) is 9.48. The topological polar surface area (TPSA) is 80.5 Å². The van der Waals surface area contributed by atoms with Gasteiger partial charge in [-0.05, 0) is 18.2 Å². The SMILES string of the molecule is NC1CC[N+](Cc2cnc3ccccc3c2)(c2ncnc3[nH]ccc23)CC1. The van der Waals surface area contributed by atoms with E-state index < -0.39 is 0 Å². The number of hydrogen-bond donors (Lipinski definition) is 2. The van der Waals surface area contributed by atoms with Crippen LogP contribution in [-0.4, -0.2) is 39.1 Å². The summed E-state index contributed by atoms with van der Waals surface area (Å²) in [6, 6.07) is 12.9. The minimum atomic E-state index is 0.273. The van der Waals surface area contributed by atoms with Crippen LogP contribution in [0.25, 0.3) is 21.9 Å². The number of H-pyrrole nitrogens is 1. The Kier molecular flexibility index (Phi) is 3.88. The van der Waals surface area contributed by atoms with Gasteiger partial charge in [0.2, 0.25) is 5.82 Å². The maximum Gasteiger partial charge on any atom is 0.240 e. The zero-order valence-corrected chi connectivity index (χ0v) is 15.2. The lowest BCUT2D eigenvalue weighted by Gasteiger charge is -2.41. The van der Waals surface area contributed by atoms with Gasteiger partial charge in [-0.3, -0.25) is 9.47 Å². The molecule has 1 aliphatic rings. The van der Waals surface area contributed by atoms with Crippen LogP contribution < -0.4 is 10.2 Å². The van der Waals surface area contributed by atoms with Crippen LogP contribution in [0.5, 0.6) is 0 Å². The quantitative estimate of drug-likeness (QED) is 0.551. The van der Waals surface area contributed by atoms with Gasteiger partial charge in [0, 0.05) is 42.2 Å². The molecule has 5 rings (SSSR count). The molecule has 0 radical (unpaired) electrons. The van der Waals surface area contributed by atoms with E-state index in [9.17, 15) is 0 Å². The molecule has 1 saturated heterocycles. The molecule has 0 aliphatic carbocycles. The fourth-order valence-corrected chi connectivity index (χ4v) is 4.32. The van der Waals surface area contributed by atoms with E-state index in [1.807, 2.05) is 18.5 Å². The highest BCUT2D eigenvalue weighted by Gasteiger charge is 2.38. The Hall–Kier alpha value is -2.83. The number of pyridine rings is 1. The monoisotopic (exact) mass is 359 g/mol. The summed E-state index contributed by atoms with van der Waals surface area (Å²) in [6.45, 7) is 2.82. The van der Waals surface area contributed by atoms with Crippen LogP contribution in [0.15, 0.2) is 55.1 Å². The molecule has 1 aliphatic heterocycles. The Morgan fingerprint density at radius 1 is 1.07 bits per heavy atom. The molecule has 1 fully saturated rings. The summed E-state index contributed by atoms with van der Waals surface area (Å²) in [7, 11) is 0. The minimum Gasteiger partial charge on any atom is -0.346 e. The number of nitrogens with zero attached hydrogens (tertiary/aromatic N) is 4. The number of aromatic amines is 1. The first-order valence-corrected chi connectivity index (χ1v) is 9.48. The molecule has 4 heterocycles. The summed E-state index contributed by atoms with van der Waals surface area (Å²) in [4.78, 5) is 17.0. The zero-order valence-electron chi connectivity index (χ0n) is 15.2. The highest BCUT2D eigenvalue weighted by molar-refractivity contribution is 5.86. The van der Waals surface area contributed by atoms with Gasteiger partial charge in [0.1, 0.15) is 23.9 Å². The summed E-state index contributed by atoms with van der Waals surface area (Å²) in [5.74, 6) is 1.08. The van der Waals surface area contributed by atoms with Crippen molar-refractivity contribution in [1.29, 1.82) is 0 Å². The smallest absolute Gasteiger partial charge is 0.240 e. The molecule has 3 N–H and O–H groups in total.